The van der Waals surface area contributed by atoms with E-state index in [1.807, 2.05) is 42.3 Å². The number of aromatic nitrogens is 4. The highest BCUT2D eigenvalue weighted by atomic mass is 16.5. The van der Waals surface area contributed by atoms with Crippen LogP contribution in [0.15, 0.2) is 64.2 Å². The third kappa shape index (κ3) is 4.92. The Kier molecular flexibility index (Phi) is 6.92. The van der Waals surface area contributed by atoms with E-state index in [1.165, 1.54) is 11.6 Å². The van der Waals surface area contributed by atoms with Gasteiger partial charge in [-0.25, -0.2) is 4.79 Å². The van der Waals surface area contributed by atoms with Crippen LogP contribution in [-0.2, 0) is 27.2 Å². The van der Waals surface area contributed by atoms with Crippen LogP contribution in [0.4, 0.5) is 5.95 Å². The van der Waals surface area contributed by atoms with E-state index in [2.05, 4.69) is 4.98 Å². The molecule has 1 unspecified atom stereocenters. The lowest BCUT2D eigenvalue weighted by Gasteiger charge is -2.21. The first-order valence-corrected chi connectivity index (χ1v) is 11.2. The highest BCUT2D eigenvalue weighted by Crippen LogP contribution is 2.22. The first kappa shape index (κ1) is 24.1. The van der Waals surface area contributed by atoms with Gasteiger partial charge in [-0.3, -0.25) is 13.9 Å². The molecule has 1 atom stereocenters. The summed E-state index contributed by atoms with van der Waals surface area (Å²) < 4.78 is 14.9. The van der Waals surface area contributed by atoms with E-state index in [0.717, 1.165) is 10.1 Å². The molecule has 4 aromatic rings. The number of imidazole rings is 1. The molecule has 0 aliphatic heterocycles. The molecule has 1 N–H and O–H groups in total. The Hall–Kier alpha value is -4.05. The maximum Gasteiger partial charge on any atom is 0.332 e. The molecule has 4 rings (SSSR count). The minimum Gasteiger partial charge on any atom is -0.497 e. The van der Waals surface area contributed by atoms with Crippen LogP contribution in [0, 0.1) is 0 Å². The lowest BCUT2D eigenvalue weighted by Crippen LogP contribution is -2.38. The summed E-state index contributed by atoms with van der Waals surface area (Å²) in [7, 11) is 6.44. The number of anilines is 1. The van der Waals surface area contributed by atoms with Gasteiger partial charge in [-0.05, 0) is 29.8 Å². The first-order valence-electron chi connectivity index (χ1n) is 11.2. The van der Waals surface area contributed by atoms with Crippen molar-refractivity contribution in [2.75, 3.05) is 25.7 Å². The van der Waals surface area contributed by atoms with Gasteiger partial charge in [0.25, 0.3) is 5.56 Å². The molecule has 0 fully saturated rings. The number of fused-ring (bicyclic) bond motifs is 1. The number of aliphatic hydroxyl groups is 1. The summed E-state index contributed by atoms with van der Waals surface area (Å²) in [6.45, 7) is 0.575. The molecule has 0 radical (unpaired) electrons. The Balaban J connectivity index is 1.67. The smallest absolute Gasteiger partial charge is 0.332 e. The van der Waals surface area contributed by atoms with Crippen molar-refractivity contribution >= 4 is 17.1 Å². The van der Waals surface area contributed by atoms with E-state index in [-0.39, 0.29) is 24.3 Å². The molecule has 2 heterocycles. The predicted octanol–water partition coefficient (Wildman–Crippen LogP) is 1.52. The Morgan fingerprint density at radius 2 is 1.66 bits per heavy atom. The van der Waals surface area contributed by atoms with E-state index < -0.39 is 17.4 Å². The van der Waals surface area contributed by atoms with Gasteiger partial charge in [-0.2, -0.15) is 4.98 Å². The van der Waals surface area contributed by atoms with Crippen LogP contribution < -0.4 is 25.6 Å². The predicted molar refractivity (Wildman–Crippen MR) is 133 cm³/mol. The molecule has 0 amide bonds. The molecule has 10 heteroatoms. The number of hydrogen-bond acceptors (Lipinski definition) is 7. The van der Waals surface area contributed by atoms with E-state index in [9.17, 15) is 14.7 Å². The minimum atomic E-state index is -0.944. The number of rotatable bonds is 9. The number of aryl methyl sites for hydroxylation is 1. The molecular weight excluding hydrogens is 450 g/mol. The van der Waals surface area contributed by atoms with Gasteiger partial charge < -0.3 is 24.0 Å². The van der Waals surface area contributed by atoms with Crippen LogP contribution in [-0.4, -0.2) is 50.7 Å². The molecule has 184 valence electrons. The number of aliphatic hydroxyl groups excluding tert-OH is 1. The molecule has 0 saturated heterocycles. The van der Waals surface area contributed by atoms with Crippen LogP contribution >= 0.6 is 0 Å². The lowest BCUT2D eigenvalue weighted by molar-refractivity contribution is 0.0936. The van der Waals surface area contributed by atoms with Gasteiger partial charge in [0.2, 0.25) is 5.95 Å². The number of nitrogens with zero attached hydrogens (tertiary/aromatic N) is 5. The summed E-state index contributed by atoms with van der Waals surface area (Å²) in [6, 6.07) is 16.9. The highest BCUT2D eigenvalue weighted by molar-refractivity contribution is 5.74. The second-order valence-electron chi connectivity index (χ2n) is 8.38. The molecule has 0 bridgehead atoms. The quantitative estimate of drug-likeness (QED) is 0.388. The lowest BCUT2D eigenvalue weighted by atomic mass is 10.2. The van der Waals surface area contributed by atoms with Crippen molar-refractivity contribution in [1.29, 1.82) is 0 Å². The van der Waals surface area contributed by atoms with E-state index in [1.54, 1.807) is 43.0 Å². The number of ether oxygens (including phenoxy) is 2. The number of hydrogen-bond donors (Lipinski definition) is 1. The monoisotopic (exact) mass is 479 g/mol. The zero-order valence-electron chi connectivity index (χ0n) is 20.2. The highest BCUT2D eigenvalue weighted by Gasteiger charge is 2.23. The van der Waals surface area contributed by atoms with Crippen molar-refractivity contribution in [3.05, 3.63) is 81.0 Å². The summed E-state index contributed by atoms with van der Waals surface area (Å²) in [5.41, 5.74) is 0.620. The van der Waals surface area contributed by atoms with Gasteiger partial charge >= 0.3 is 5.69 Å². The van der Waals surface area contributed by atoms with E-state index in [4.69, 9.17) is 9.47 Å². The Morgan fingerprint density at radius 3 is 2.31 bits per heavy atom. The van der Waals surface area contributed by atoms with Gasteiger partial charge in [0.15, 0.2) is 11.2 Å². The van der Waals surface area contributed by atoms with Gasteiger partial charge in [-0.1, -0.05) is 30.3 Å². The summed E-state index contributed by atoms with van der Waals surface area (Å²) in [4.78, 5) is 32.1. The van der Waals surface area contributed by atoms with Gasteiger partial charge in [0, 0.05) is 27.7 Å². The van der Waals surface area contributed by atoms with Crippen LogP contribution in [0.1, 0.15) is 5.56 Å². The molecule has 10 nitrogen and oxygen atoms in total. The SMILES string of the molecule is COc1ccc(OCC(O)Cn2c(N(C)Cc3ccccc3)nc3c2c(=O)n(C)c(=O)n3C)cc1. The third-order valence-electron chi connectivity index (χ3n) is 5.83. The van der Waals surface area contributed by atoms with E-state index >= 15 is 0 Å². The summed E-state index contributed by atoms with van der Waals surface area (Å²) in [5, 5.41) is 10.8. The normalized spacial score (nSPS) is 12.0. The zero-order chi connectivity index (χ0) is 25.1. The van der Waals surface area contributed by atoms with Crippen LogP contribution in [0.3, 0.4) is 0 Å². The Morgan fingerprint density at radius 1 is 1.00 bits per heavy atom. The van der Waals surface area contributed by atoms with Crippen molar-refractivity contribution in [2.45, 2.75) is 19.2 Å². The molecule has 0 aliphatic carbocycles. The average Bonchev–Trinajstić information content (AvgIpc) is 3.25. The topological polar surface area (TPSA) is 104 Å². The standard InChI is InChI=1S/C25H29N5O5/c1-27(14-17-8-6-5-7-9-17)24-26-22-21(23(32)29(3)25(33)28(22)2)30(24)15-18(31)16-35-20-12-10-19(34-4)11-13-20/h5-13,18,31H,14-16H2,1-4H3. The van der Waals surface area contributed by atoms with Crippen molar-refractivity contribution in [2.24, 2.45) is 14.1 Å². The third-order valence-corrected chi connectivity index (χ3v) is 5.83. The van der Waals surface area contributed by atoms with Crippen molar-refractivity contribution in [3.63, 3.8) is 0 Å². The second kappa shape index (κ2) is 10.1. The zero-order valence-corrected chi connectivity index (χ0v) is 20.2. The fraction of sp³-hybridized carbons (Fsp3) is 0.320. The maximum absolute atomic E-state index is 13.1. The Bertz CT molecular complexity index is 1420. The van der Waals surface area contributed by atoms with Gasteiger partial charge in [0.1, 0.15) is 24.2 Å². The van der Waals surface area contributed by atoms with Gasteiger partial charge in [0.05, 0.1) is 13.7 Å². The largest absolute Gasteiger partial charge is 0.497 e. The van der Waals surface area contributed by atoms with E-state index in [0.29, 0.717) is 24.0 Å². The molecule has 2 aromatic heterocycles. The summed E-state index contributed by atoms with van der Waals surface area (Å²) >= 11 is 0. The summed E-state index contributed by atoms with van der Waals surface area (Å²) in [6.07, 6.45) is -0.944. The average molecular weight is 480 g/mol. The maximum atomic E-state index is 13.1. The molecule has 0 aliphatic rings. The minimum absolute atomic E-state index is 0.0000781. The summed E-state index contributed by atoms with van der Waals surface area (Å²) in [5.74, 6) is 1.75. The van der Waals surface area contributed by atoms with Crippen LogP contribution in [0.25, 0.3) is 11.2 Å². The molecule has 35 heavy (non-hydrogen) atoms. The van der Waals surface area contributed by atoms with Crippen LogP contribution in [0.5, 0.6) is 11.5 Å². The van der Waals surface area contributed by atoms with Gasteiger partial charge in [-0.15, -0.1) is 0 Å². The molecular formula is C25H29N5O5. The van der Waals surface area contributed by atoms with Crippen molar-refractivity contribution in [3.8, 4) is 11.5 Å². The molecule has 0 spiro atoms. The Labute approximate surface area is 202 Å². The fourth-order valence-corrected chi connectivity index (χ4v) is 3.96. The van der Waals surface area contributed by atoms with Crippen molar-refractivity contribution < 1.29 is 14.6 Å². The first-order chi connectivity index (χ1) is 16.8. The fourth-order valence-electron chi connectivity index (χ4n) is 3.96. The molecule has 2 aromatic carbocycles. The number of methoxy groups -OCH3 is 1. The second-order valence-corrected chi connectivity index (χ2v) is 8.38. The number of benzene rings is 2. The molecule has 0 saturated carbocycles. The van der Waals surface area contributed by atoms with Crippen molar-refractivity contribution in [1.82, 2.24) is 18.7 Å². The van der Waals surface area contributed by atoms with Crippen LogP contribution in [0.2, 0.25) is 0 Å².